The molecule has 0 amide bonds. The second kappa shape index (κ2) is 5.71. The molecular weight excluding hydrogens is 286 g/mol. The normalized spacial score (nSPS) is 12.7. The maximum absolute atomic E-state index is 9.36. The summed E-state index contributed by atoms with van der Waals surface area (Å²) in [6, 6.07) is 5.74. The largest absolute Gasteiger partial charge is 0.394 e. The van der Waals surface area contributed by atoms with E-state index < -0.39 is 0 Å². The van der Waals surface area contributed by atoms with Crippen molar-refractivity contribution < 1.29 is 5.11 Å². The van der Waals surface area contributed by atoms with Crippen molar-refractivity contribution in [2.24, 2.45) is 0 Å². The highest BCUT2D eigenvalue weighted by Gasteiger charge is 2.13. The minimum atomic E-state index is 0.00713. The molecule has 7 heteroatoms. The number of hydrogen-bond acceptors (Lipinski definition) is 6. The van der Waals surface area contributed by atoms with Gasteiger partial charge in [-0.15, -0.1) is 11.3 Å². The molecule has 6 nitrogen and oxygen atoms in total. The first-order chi connectivity index (χ1) is 10.2. The van der Waals surface area contributed by atoms with Gasteiger partial charge in [0.2, 0.25) is 0 Å². The second-order valence-corrected chi connectivity index (χ2v) is 5.87. The molecule has 0 aromatic carbocycles. The first-order valence-corrected chi connectivity index (χ1v) is 7.60. The van der Waals surface area contributed by atoms with Gasteiger partial charge in [0.15, 0.2) is 0 Å². The van der Waals surface area contributed by atoms with Crippen molar-refractivity contribution in [1.82, 2.24) is 15.2 Å². The summed E-state index contributed by atoms with van der Waals surface area (Å²) < 4.78 is 1.03. The predicted octanol–water partition coefficient (Wildman–Crippen LogP) is 2.45. The van der Waals surface area contributed by atoms with Crippen molar-refractivity contribution in [2.75, 3.05) is 17.7 Å². The van der Waals surface area contributed by atoms with E-state index in [9.17, 15) is 5.11 Å². The minimum absolute atomic E-state index is 0.00713. The zero-order chi connectivity index (χ0) is 14.8. The third-order valence-electron chi connectivity index (χ3n) is 3.34. The molecule has 0 unspecified atom stereocenters. The standard InChI is InChI=1S/C14H17N5OS/c1-2-8(7-20)17-11-6-13(15)18-10-5-12(21-14(10)11)9-3-4-16-19-9/h3-6,8,20H,2,7H2,1H3,(H,16,19)(H3,15,17,18)/t8-/m1/s1. The van der Waals surface area contributed by atoms with Crippen LogP contribution in [-0.2, 0) is 0 Å². The Morgan fingerprint density at radius 3 is 3.00 bits per heavy atom. The van der Waals surface area contributed by atoms with Crippen LogP contribution in [-0.4, -0.2) is 32.9 Å². The van der Waals surface area contributed by atoms with Crippen molar-refractivity contribution in [3.8, 4) is 10.6 Å². The van der Waals surface area contributed by atoms with E-state index in [1.165, 1.54) is 0 Å². The molecule has 3 heterocycles. The van der Waals surface area contributed by atoms with E-state index >= 15 is 0 Å². The quantitative estimate of drug-likeness (QED) is 0.580. The lowest BCUT2D eigenvalue weighted by molar-refractivity contribution is 0.272. The van der Waals surface area contributed by atoms with Crippen molar-refractivity contribution >= 4 is 33.1 Å². The first-order valence-electron chi connectivity index (χ1n) is 6.78. The SMILES string of the molecule is CC[C@H](CO)Nc1cc(N)nc2cc(-c3ccn[nH]3)sc12. The molecule has 3 aromatic rings. The highest BCUT2D eigenvalue weighted by molar-refractivity contribution is 7.22. The fourth-order valence-corrected chi connectivity index (χ4v) is 3.22. The molecular formula is C14H17N5OS. The van der Waals surface area contributed by atoms with Gasteiger partial charge in [-0.05, 0) is 18.6 Å². The van der Waals surface area contributed by atoms with Crippen LogP contribution in [0.2, 0.25) is 0 Å². The van der Waals surface area contributed by atoms with E-state index in [0.717, 1.165) is 32.9 Å². The minimum Gasteiger partial charge on any atom is -0.394 e. The van der Waals surface area contributed by atoms with Gasteiger partial charge in [0, 0.05) is 18.3 Å². The number of fused-ring (bicyclic) bond motifs is 1. The number of nitrogens with zero attached hydrogens (tertiary/aromatic N) is 2. The van der Waals surface area contributed by atoms with Gasteiger partial charge in [0.1, 0.15) is 5.82 Å². The maximum atomic E-state index is 9.36. The second-order valence-electron chi connectivity index (χ2n) is 4.82. The number of aliphatic hydroxyl groups excluding tert-OH is 1. The van der Waals surface area contributed by atoms with Crippen molar-refractivity contribution in [3.63, 3.8) is 0 Å². The molecule has 0 saturated carbocycles. The van der Waals surface area contributed by atoms with Crippen LogP contribution in [0.25, 0.3) is 20.8 Å². The number of rotatable bonds is 5. The van der Waals surface area contributed by atoms with Gasteiger partial charge < -0.3 is 16.2 Å². The van der Waals surface area contributed by atoms with Crippen molar-refractivity contribution in [3.05, 3.63) is 24.4 Å². The Bertz CT molecular complexity index is 733. The van der Waals surface area contributed by atoms with Crippen LogP contribution < -0.4 is 11.1 Å². The number of aromatic amines is 1. The lowest BCUT2D eigenvalue weighted by atomic mass is 10.2. The molecule has 1 atom stereocenters. The van der Waals surface area contributed by atoms with E-state index in [4.69, 9.17) is 5.73 Å². The number of anilines is 2. The summed E-state index contributed by atoms with van der Waals surface area (Å²) in [5, 5.41) is 19.6. The Hall–Kier alpha value is -2.12. The van der Waals surface area contributed by atoms with Gasteiger partial charge in [-0.1, -0.05) is 6.92 Å². The zero-order valence-corrected chi connectivity index (χ0v) is 12.4. The first kappa shape index (κ1) is 13.8. The van der Waals surface area contributed by atoms with Crippen molar-refractivity contribution in [2.45, 2.75) is 19.4 Å². The summed E-state index contributed by atoms with van der Waals surface area (Å²) >= 11 is 1.62. The van der Waals surface area contributed by atoms with Crippen LogP contribution in [0.3, 0.4) is 0 Å². The van der Waals surface area contributed by atoms with E-state index in [2.05, 4.69) is 20.5 Å². The fraction of sp³-hybridized carbons (Fsp3) is 0.286. The molecule has 0 fully saturated rings. The molecule has 0 aliphatic rings. The third-order valence-corrected chi connectivity index (χ3v) is 4.53. The van der Waals surface area contributed by atoms with E-state index in [0.29, 0.717) is 5.82 Å². The molecule has 0 radical (unpaired) electrons. The monoisotopic (exact) mass is 303 g/mol. The Morgan fingerprint density at radius 2 is 2.33 bits per heavy atom. The summed E-state index contributed by atoms with van der Waals surface area (Å²) in [4.78, 5) is 5.43. The average molecular weight is 303 g/mol. The summed E-state index contributed by atoms with van der Waals surface area (Å²) in [7, 11) is 0. The molecule has 0 saturated heterocycles. The average Bonchev–Trinajstić information content (AvgIpc) is 3.12. The molecule has 5 N–H and O–H groups in total. The Morgan fingerprint density at radius 1 is 1.48 bits per heavy atom. The smallest absolute Gasteiger partial charge is 0.126 e. The number of pyridine rings is 1. The third kappa shape index (κ3) is 2.70. The molecule has 21 heavy (non-hydrogen) atoms. The van der Waals surface area contributed by atoms with E-state index in [1.807, 2.05) is 25.1 Å². The van der Waals surface area contributed by atoms with Gasteiger partial charge in [0.25, 0.3) is 0 Å². The van der Waals surface area contributed by atoms with Gasteiger partial charge in [0.05, 0.1) is 33.1 Å². The molecule has 110 valence electrons. The van der Waals surface area contributed by atoms with Crippen LogP contribution in [0.4, 0.5) is 11.5 Å². The predicted molar refractivity (Wildman–Crippen MR) is 86.4 cm³/mol. The Balaban J connectivity index is 2.07. The van der Waals surface area contributed by atoms with Crippen molar-refractivity contribution in [1.29, 1.82) is 0 Å². The van der Waals surface area contributed by atoms with Crippen LogP contribution in [0.15, 0.2) is 24.4 Å². The highest BCUT2D eigenvalue weighted by atomic mass is 32.1. The molecule has 0 spiro atoms. The number of aliphatic hydroxyl groups is 1. The Labute approximate surface area is 126 Å². The summed E-state index contributed by atoms with van der Waals surface area (Å²) in [5.74, 6) is 0.465. The molecule has 0 bridgehead atoms. The van der Waals surface area contributed by atoms with Crippen LogP contribution >= 0.6 is 11.3 Å². The fourth-order valence-electron chi connectivity index (χ4n) is 2.17. The summed E-state index contributed by atoms with van der Waals surface area (Å²) in [6.45, 7) is 2.11. The number of nitrogens with one attached hydrogen (secondary N) is 2. The summed E-state index contributed by atoms with van der Waals surface area (Å²) in [6.07, 6.45) is 2.55. The van der Waals surface area contributed by atoms with E-state index in [-0.39, 0.29) is 12.6 Å². The van der Waals surface area contributed by atoms with Gasteiger partial charge in [-0.25, -0.2) is 4.98 Å². The van der Waals surface area contributed by atoms with E-state index in [1.54, 1.807) is 17.5 Å². The number of hydrogen-bond donors (Lipinski definition) is 4. The topological polar surface area (TPSA) is 99.8 Å². The molecule has 3 rings (SSSR count). The zero-order valence-electron chi connectivity index (χ0n) is 11.6. The molecule has 0 aliphatic heterocycles. The molecule has 0 aliphatic carbocycles. The maximum Gasteiger partial charge on any atom is 0.126 e. The number of aromatic nitrogens is 3. The number of H-pyrrole nitrogens is 1. The summed E-state index contributed by atoms with van der Waals surface area (Å²) in [5.41, 5.74) is 8.60. The molecule has 3 aromatic heterocycles. The number of nitrogen functional groups attached to an aromatic ring is 1. The highest BCUT2D eigenvalue weighted by Crippen LogP contribution is 2.37. The van der Waals surface area contributed by atoms with Crippen LogP contribution in [0, 0.1) is 0 Å². The Kier molecular flexibility index (Phi) is 3.76. The number of thiophene rings is 1. The van der Waals surface area contributed by atoms with Crippen LogP contribution in [0.1, 0.15) is 13.3 Å². The number of nitrogens with two attached hydrogens (primary N) is 1. The van der Waals surface area contributed by atoms with Gasteiger partial charge in [-0.3, -0.25) is 5.10 Å². The van der Waals surface area contributed by atoms with Gasteiger partial charge in [-0.2, -0.15) is 5.10 Å². The van der Waals surface area contributed by atoms with Crippen LogP contribution in [0.5, 0.6) is 0 Å². The lowest BCUT2D eigenvalue weighted by Gasteiger charge is -2.16. The van der Waals surface area contributed by atoms with Gasteiger partial charge >= 0.3 is 0 Å². The lowest BCUT2D eigenvalue weighted by Crippen LogP contribution is -2.22.